The molecule has 2 heterocycles. The van der Waals surface area contributed by atoms with Crippen LogP contribution >= 0.6 is 0 Å². The number of nitriles is 1. The van der Waals surface area contributed by atoms with E-state index in [1.165, 1.54) is 35.1 Å². The molecule has 12 heteroatoms. The summed E-state index contributed by atoms with van der Waals surface area (Å²) in [6.45, 7) is 0.438. The van der Waals surface area contributed by atoms with E-state index in [4.69, 9.17) is 14.7 Å². The molecule has 3 rings (SSSR count). The topological polar surface area (TPSA) is 103 Å². The van der Waals surface area contributed by atoms with E-state index in [0.29, 0.717) is 18.6 Å². The molecule has 1 unspecified atom stereocenters. The first-order valence-corrected chi connectivity index (χ1v) is 9.50. The Morgan fingerprint density at radius 1 is 1.25 bits per heavy atom. The minimum absolute atomic E-state index is 0.150. The smallest absolute Gasteiger partial charge is 0.450 e. The molecule has 1 aromatic heterocycles. The molecule has 1 atom stereocenters. The molecule has 1 aliphatic heterocycles. The molecule has 0 N–H and O–H groups in total. The third-order valence-electron chi connectivity index (χ3n) is 3.80. The molecule has 1 aliphatic rings. The Kier molecular flexibility index (Phi) is 5.48. The Morgan fingerprint density at radius 3 is 2.54 bits per heavy atom. The average Bonchev–Trinajstić information content (AvgIpc) is 3.04. The van der Waals surface area contributed by atoms with Crippen molar-refractivity contribution in [3.63, 3.8) is 0 Å². The highest BCUT2D eigenvalue weighted by atomic mass is 32.2. The van der Waals surface area contributed by atoms with E-state index in [1.807, 2.05) is 6.07 Å². The predicted molar refractivity (Wildman–Crippen MR) is 87.9 cm³/mol. The van der Waals surface area contributed by atoms with E-state index in [9.17, 15) is 21.6 Å². The fourth-order valence-corrected chi connectivity index (χ4v) is 2.86. The maximum absolute atomic E-state index is 12.7. The summed E-state index contributed by atoms with van der Waals surface area (Å²) < 4.78 is 77.0. The number of aromatic nitrogens is 2. The summed E-state index contributed by atoms with van der Waals surface area (Å²) in [6.07, 6.45) is 2.81. The highest BCUT2D eigenvalue weighted by Gasteiger charge is 2.49. The molecule has 8 nitrogen and oxygen atoms in total. The van der Waals surface area contributed by atoms with Gasteiger partial charge in [0.2, 0.25) is 5.75 Å². The summed E-state index contributed by atoms with van der Waals surface area (Å²) in [5.74, 6) is -1.06. The Balaban J connectivity index is 1.93. The van der Waals surface area contributed by atoms with E-state index in [0.717, 1.165) is 12.8 Å². The van der Waals surface area contributed by atoms with Crippen molar-refractivity contribution in [2.45, 2.75) is 31.0 Å². The van der Waals surface area contributed by atoms with Crippen molar-refractivity contribution in [1.82, 2.24) is 9.78 Å². The van der Waals surface area contributed by atoms with E-state index < -0.39 is 27.7 Å². The maximum Gasteiger partial charge on any atom is 0.534 e. The van der Waals surface area contributed by atoms with Gasteiger partial charge in [-0.2, -0.15) is 26.9 Å². The minimum Gasteiger partial charge on any atom is -0.450 e. The second-order valence-corrected chi connectivity index (χ2v) is 7.36. The molecule has 1 aromatic carbocycles. The number of nitrogens with zero attached hydrogens (tertiary/aromatic N) is 3. The van der Waals surface area contributed by atoms with E-state index in [-0.39, 0.29) is 11.5 Å². The summed E-state index contributed by atoms with van der Waals surface area (Å²) in [7, 11) is -5.93. The summed E-state index contributed by atoms with van der Waals surface area (Å²) >= 11 is 0. The van der Waals surface area contributed by atoms with Crippen LogP contribution in [0.1, 0.15) is 31.1 Å². The Bertz CT molecular complexity index is 974. The third kappa shape index (κ3) is 4.37. The molecule has 0 aliphatic carbocycles. The van der Waals surface area contributed by atoms with Crippen molar-refractivity contribution in [1.29, 1.82) is 5.26 Å². The lowest BCUT2D eigenvalue weighted by atomic mass is 10.2. The molecule has 0 spiro atoms. The van der Waals surface area contributed by atoms with Gasteiger partial charge in [0.15, 0.2) is 0 Å². The number of benzene rings is 1. The van der Waals surface area contributed by atoms with Gasteiger partial charge < -0.3 is 13.7 Å². The fourth-order valence-electron chi connectivity index (χ4n) is 2.44. The summed E-state index contributed by atoms with van der Waals surface area (Å²) in [6, 6.07) is 7.56. The van der Waals surface area contributed by atoms with Gasteiger partial charge in [-0.25, -0.2) is 4.68 Å². The van der Waals surface area contributed by atoms with Crippen LogP contribution in [-0.2, 0) is 14.9 Å². The number of ether oxygens (including phenoxy) is 2. The van der Waals surface area contributed by atoms with Crippen molar-refractivity contribution >= 4 is 10.1 Å². The van der Waals surface area contributed by atoms with E-state index in [1.54, 1.807) is 0 Å². The van der Waals surface area contributed by atoms with E-state index in [2.05, 4.69) is 9.28 Å². The van der Waals surface area contributed by atoms with Gasteiger partial charge in [0, 0.05) is 6.61 Å². The van der Waals surface area contributed by atoms with Crippen molar-refractivity contribution < 1.29 is 35.2 Å². The molecule has 0 amide bonds. The zero-order chi connectivity index (χ0) is 20.4. The van der Waals surface area contributed by atoms with Gasteiger partial charge in [0.25, 0.3) is 5.88 Å². The van der Waals surface area contributed by atoms with Gasteiger partial charge in [-0.3, -0.25) is 0 Å². The van der Waals surface area contributed by atoms with Crippen LogP contribution in [0.15, 0.2) is 30.5 Å². The third-order valence-corrected chi connectivity index (χ3v) is 4.74. The van der Waals surface area contributed by atoms with Crippen molar-refractivity contribution in [2.75, 3.05) is 6.61 Å². The predicted octanol–water partition coefficient (Wildman–Crippen LogP) is 3.47. The largest absolute Gasteiger partial charge is 0.534 e. The molecule has 0 radical (unpaired) electrons. The van der Waals surface area contributed by atoms with Crippen LogP contribution in [0, 0.1) is 11.3 Å². The second kappa shape index (κ2) is 7.69. The SMILES string of the molecule is N#Cc1ccc(Oc2cn(C3CCCCO3)nc2OS(=O)(=O)C(F)(F)F)cc1. The summed E-state index contributed by atoms with van der Waals surface area (Å²) in [5, 5.41) is 12.6. The Hall–Kier alpha value is -2.78. The van der Waals surface area contributed by atoms with Gasteiger partial charge in [-0.1, -0.05) is 0 Å². The van der Waals surface area contributed by atoms with Crippen LogP contribution in [0.4, 0.5) is 13.2 Å². The molecule has 28 heavy (non-hydrogen) atoms. The van der Waals surface area contributed by atoms with Gasteiger partial charge in [-0.15, -0.1) is 5.10 Å². The highest BCUT2D eigenvalue weighted by Crippen LogP contribution is 2.36. The molecule has 150 valence electrons. The Morgan fingerprint density at radius 2 is 1.96 bits per heavy atom. The van der Waals surface area contributed by atoms with Gasteiger partial charge in [0.05, 0.1) is 17.8 Å². The van der Waals surface area contributed by atoms with Crippen LogP contribution in [0.5, 0.6) is 17.4 Å². The molecular weight excluding hydrogens is 403 g/mol. The minimum atomic E-state index is -5.93. The standard InChI is InChI=1S/C16H14F3N3O5S/c17-16(18,19)28(23,24)27-15-13(26-12-6-4-11(9-20)5-7-12)10-22(21-15)14-3-1-2-8-25-14/h4-7,10,14H,1-3,8H2. The first kappa shape index (κ1) is 20.0. The normalized spacial score (nSPS) is 17.7. The lowest BCUT2D eigenvalue weighted by Crippen LogP contribution is -2.28. The second-order valence-electron chi connectivity index (χ2n) is 5.82. The van der Waals surface area contributed by atoms with Crippen molar-refractivity contribution in [3.05, 3.63) is 36.0 Å². The molecule has 0 bridgehead atoms. The quantitative estimate of drug-likeness (QED) is 0.542. The Labute approximate surface area is 158 Å². The first-order chi connectivity index (χ1) is 13.2. The monoisotopic (exact) mass is 417 g/mol. The summed E-state index contributed by atoms with van der Waals surface area (Å²) in [4.78, 5) is 0. The number of alkyl halides is 3. The zero-order valence-corrected chi connectivity index (χ0v) is 15.0. The maximum atomic E-state index is 12.7. The molecule has 1 saturated heterocycles. The first-order valence-electron chi connectivity index (χ1n) is 8.09. The van der Waals surface area contributed by atoms with Crippen LogP contribution < -0.4 is 8.92 Å². The van der Waals surface area contributed by atoms with Crippen molar-refractivity contribution in [3.8, 4) is 23.4 Å². The van der Waals surface area contributed by atoms with E-state index >= 15 is 0 Å². The number of rotatable bonds is 5. The lowest BCUT2D eigenvalue weighted by Gasteiger charge is -2.22. The van der Waals surface area contributed by atoms with Crippen LogP contribution in [0.25, 0.3) is 0 Å². The van der Waals surface area contributed by atoms with Gasteiger partial charge in [0.1, 0.15) is 12.0 Å². The molecular formula is C16H14F3N3O5S. The average molecular weight is 417 g/mol. The fraction of sp³-hybridized carbons (Fsp3) is 0.375. The molecule has 1 fully saturated rings. The van der Waals surface area contributed by atoms with Crippen LogP contribution in [0.2, 0.25) is 0 Å². The van der Waals surface area contributed by atoms with Gasteiger partial charge >= 0.3 is 15.6 Å². The van der Waals surface area contributed by atoms with Gasteiger partial charge in [-0.05, 0) is 43.5 Å². The highest BCUT2D eigenvalue weighted by molar-refractivity contribution is 7.88. The lowest BCUT2D eigenvalue weighted by molar-refractivity contribution is -0.0505. The zero-order valence-electron chi connectivity index (χ0n) is 14.2. The van der Waals surface area contributed by atoms with Crippen LogP contribution in [-0.4, -0.2) is 30.3 Å². The summed E-state index contributed by atoms with van der Waals surface area (Å²) in [5.41, 5.74) is -5.28. The molecule has 0 saturated carbocycles. The number of halogens is 3. The van der Waals surface area contributed by atoms with Crippen molar-refractivity contribution in [2.24, 2.45) is 0 Å². The number of hydrogen-bond acceptors (Lipinski definition) is 7. The molecule has 2 aromatic rings. The van der Waals surface area contributed by atoms with Crippen LogP contribution in [0.3, 0.4) is 0 Å². The number of hydrogen-bond donors (Lipinski definition) is 0.